The molecule has 0 aliphatic carbocycles. The summed E-state index contributed by atoms with van der Waals surface area (Å²) in [6.07, 6.45) is 4.35. The summed E-state index contributed by atoms with van der Waals surface area (Å²) in [6, 6.07) is 0. The van der Waals surface area contributed by atoms with Crippen LogP contribution in [-0.2, 0) is 0 Å². The third-order valence-corrected chi connectivity index (χ3v) is 79.9. The molecule has 3 aliphatic heterocycles. The molecule has 3 atom stereocenters. The van der Waals surface area contributed by atoms with Gasteiger partial charge in [0.25, 0.3) is 0 Å². The second-order valence-corrected chi connectivity index (χ2v) is 69.4. The van der Waals surface area contributed by atoms with Crippen LogP contribution in [0, 0.1) is 0 Å². The van der Waals surface area contributed by atoms with Gasteiger partial charge in [-0.05, 0) is 0 Å². The number of hydrogen-bond acceptors (Lipinski definition) is 8. The van der Waals surface area contributed by atoms with Crippen molar-refractivity contribution in [3.8, 4) is 0 Å². The molecule has 3 fully saturated rings. The minimum absolute atomic E-state index is 0.755. The van der Waals surface area contributed by atoms with Crippen LogP contribution in [0.25, 0.3) is 0 Å². The Morgan fingerprint density at radius 2 is 0.958 bits per heavy atom. The molecule has 3 heterocycles. The zero-order valence-electron chi connectivity index (χ0n) is 14.8. The summed E-state index contributed by atoms with van der Waals surface area (Å²) < 4.78 is 2.67. The number of hydrogen-bond donors (Lipinski definition) is 0. The van der Waals surface area contributed by atoms with Crippen LogP contribution in [0.4, 0.5) is 0 Å². The summed E-state index contributed by atoms with van der Waals surface area (Å²) in [5, 5.41) is 1.51. The van der Waals surface area contributed by atoms with E-state index in [-0.39, 0.29) is 0 Å². The molecule has 0 N–H and O–H groups in total. The van der Waals surface area contributed by atoms with Gasteiger partial charge in [0, 0.05) is 0 Å². The van der Waals surface area contributed by atoms with Gasteiger partial charge >= 0.3 is 178 Å². The fourth-order valence-electron chi connectivity index (χ4n) is 2.40. The van der Waals surface area contributed by atoms with Gasteiger partial charge in [0.2, 0.25) is 0 Å². The fourth-order valence-corrected chi connectivity index (χ4v) is 129. The van der Waals surface area contributed by atoms with E-state index < -0.39 is 10.4 Å². The molecule has 0 radical (unpaired) electrons. The summed E-state index contributed by atoms with van der Waals surface area (Å²) in [6.45, 7) is 9.81. The van der Waals surface area contributed by atoms with Gasteiger partial charge in [0.1, 0.15) is 0 Å². The van der Waals surface area contributed by atoms with Gasteiger partial charge in [-0.3, -0.25) is 0 Å². The van der Waals surface area contributed by atoms with Crippen molar-refractivity contribution in [2.24, 2.45) is 0 Å². The second-order valence-electron chi connectivity index (χ2n) is 6.64. The molecule has 142 valence electrons. The molecule has 0 nitrogen and oxygen atoms in total. The first-order valence-electron chi connectivity index (χ1n) is 8.70. The fraction of sp³-hybridized carbons (Fsp3) is 1.00. The van der Waals surface area contributed by atoms with Crippen molar-refractivity contribution in [1.29, 1.82) is 0 Å². The first kappa shape index (κ1) is 22.3. The van der Waals surface area contributed by atoms with Crippen LogP contribution >= 0.6 is 79.5 Å². The topological polar surface area (TPSA) is 0 Å². The van der Waals surface area contributed by atoms with Crippen LogP contribution in [0.1, 0.15) is 47.0 Å². The van der Waals surface area contributed by atoms with Crippen LogP contribution < -0.4 is 0 Å². The van der Waals surface area contributed by atoms with Crippen LogP contribution in [0.5, 0.6) is 0 Å². The van der Waals surface area contributed by atoms with Gasteiger partial charge < -0.3 is 0 Å². The summed E-state index contributed by atoms with van der Waals surface area (Å²) in [4.78, 5) is 0. The molecule has 0 bridgehead atoms. The molecular formula is C15H29S8Sb. The van der Waals surface area contributed by atoms with Crippen LogP contribution in [0.3, 0.4) is 0 Å². The number of rotatable bonds is 10. The van der Waals surface area contributed by atoms with Gasteiger partial charge in [-0.25, -0.2) is 0 Å². The summed E-state index contributed by atoms with van der Waals surface area (Å²) in [7, 11) is 9.46. The quantitative estimate of drug-likeness (QED) is 0.235. The Morgan fingerprint density at radius 3 is 1.12 bits per heavy atom. The van der Waals surface area contributed by atoms with Crippen molar-refractivity contribution in [1.82, 2.24) is 0 Å². The molecule has 3 rings (SSSR count). The zero-order chi connectivity index (χ0) is 17.2. The van der Waals surface area contributed by atoms with E-state index in [1.165, 1.54) is 36.5 Å². The molecule has 9 heteroatoms. The van der Waals surface area contributed by atoms with Crippen molar-refractivity contribution in [3.05, 3.63) is 0 Å². The van der Waals surface area contributed by atoms with Gasteiger partial charge in [-0.15, -0.1) is 0 Å². The van der Waals surface area contributed by atoms with Crippen molar-refractivity contribution >= 4 is 89.9 Å². The molecule has 3 saturated heterocycles. The molecular weight excluding hydrogens is 558 g/mol. The third-order valence-electron chi connectivity index (χ3n) is 3.61. The average molecular weight is 588 g/mol. The summed E-state index contributed by atoms with van der Waals surface area (Å²) in [5.41, 5.74) is 0. The predicted molar refractivity (Wildman–Crippen MR) is 137 cm³/mol. The first-order valence-corrected chi connectivity index (χ1v) is 31.7. The van der Waals surface area contributed by atoms with Gasteiger partial charge in [-0.2, -0.15) is 0 Å². The monoisotopic (exact) mass is 586 g/mol. The molecule has 0 aromatic rings. The Kier molecular flexibility index (Phi) is 8.94. The van der Waals surface area contributed by atoms with Crippen molar-refractivity contribution in [2.45, 2.75) is 71.2 Å². The molecule has 0 amide bonds. The van der Waals surface area contributed by atoms with E-state index in [4.69, 9.17) is 0 Å². The molecule has 3 aliphatic rings. The maximum absolute atomic E-state index is 3.06. The normalized spacial score (nSPS) is 31.9. The van der Waals surface area contributed by atoms with E-state index in [0.29, 0.717) is 0 Å². The van der Waals surface area contributed by atoms with E-state index >= 15 is 0 Å². The Bertz CT molecular complexity index is 362. The summed E-state index contributed by atoms with van der Waals surface area (Å²) >= 11 is 6.71. The Labute approximate surface area is 176 Å². The van der Waals surface area contributed by atoms with Crippen LogP contribution in [0.15, 0.2) is 0 Å². The van der Waals surface area contributed by atoms with Crippen molar-refractivity contribution in [2.75, 3.05) is 17.3 Å². The Morgan fingerprint density at radius 1 is 0.667 bits per heavy atom. The predicted octanol–water partition coefficient (Wildman–Crippen LogP) is 7.74. The van der Waals surface area contributed by atoms with Gasteiger partial charge in [-0.1, -0.05) is 0 Å². The summed E-state index contributed by atoms with van der Waals surface area (Å²) in [5.74, 6) is 4.18. The Balaban J connectivity index is 1.91. The zero-order valence-corrected chi connectivity index (χ0v) is 23.9. The second kappa shape index (κ2) is 9.62. The van der Waals surface area contributed by atoms with Crippen molar-refractivity contribution < 1.29 is 0 Å². The van der Waals surface area contributed by atoms with Crippen molar-refractivity contribution in [3.63, 3.8) is 0 Å². The first-order chi connectivity index (χ1) is 11.4. The van der Waals surface area contributed by atoms with E-state index in [0.717, 1.165) is 24.2 Å². The van der Waals surface area contributed by atoms with Gasteiger partial charge in [0.05, 0.1) is 0 Å². The van der Waals surface area contributed by atoms with E-state index in [9.17, 15) is 0 Å². The maximum atomic E-state index is 2.53. The molecule has 0 saturated carbocycles. The molecule has 3 unspecified atom stereocenters. The van der Waals surface area contributed by atoms with Gasteiger partial charge in [0.15, 0.2) is 0 Å². The number of thioether (sulfide) groups is 3. The molecule has 0 aromatic heterocycles. The van der Waals surface area contributed by atoms with E-state index in [2.05, 4.69) is 107 Å². The SMILES string of the molecule is CC(C)[S][Sb]([S]C(C)C)([S]C1CCS1)([S]C1CCS1)[S]C1CCS1. The average Bonchev–Trinajstić information content (AvgIpc) is 2.34. The standard InChI is InChI=1S/3C3H6S2.2C3H8S.Sb/c3*4-3-1-2-5-3;2*1-3(2)4;/h3*3-4H,1-2H2;2*3-4H,1-2H3;/q;;;;;+5/p-5. The molecule has 0 aromatic carbocycles. The molecule has 0 spiro atoms. The minimum atomic E-state index is -3.06. The van der Waals surface area contributed by atoms with Crippen LogP contribution in [-0.4, -0.2) is 51.9 Å². The van der Waals surface area contributed by atoms with E-state index in [1.54, 1.807) is 0 Å². The molecule has 24 heavy (non-hydrogen) atoms. The van der Waals surface area contributed by atoms with Crippen LogP contribution in [0.2, 0.25) is 0 Å². The Hall–Kier alpha value is 3.62. The third kappa shape index (κ3) is 5.83. The van der Waals surface area contributed by atoms with E-state index in [1.807, 2.05) is 0 Å².